The maximum Gasteiger partial charge on any atom is 0.329 e. The number of halogens is 1. The van der Waals surface area contributed by atoms with Gasteiger partial charge in [-0.3, -0.25) is 9.59 Å². The molecule has 0 atom stereocenters. The number of hydrogen-bond acceptors (Lipinski definition) is 4. The van der Waals surface area contributed by atoms with Gasteiger partial charge >= 0.3 is 11.8 Å². The van der Waals surface area contributed by atoms with E-state index in [-0.39, 0.29) is 5.69 Å². The summed E-state index contributed by atoms with van der Waals surface area (Å²) < 4.78 is 13.3. The Hall–Kier alpha value is -2.54. The first-order valence-electron chi connectivity index (χ1n) is 6.01. The zero-order valence-electron chi connectivity index (χ0n) is 11.1. The third-order valence-electron chi connectivity index (χ3n) is 2.58. The molecule has 2 amide bonds. The number of aryl methyl sites for hydroxylation is 1. The predicted octanol–water partition coefficient (Wildman–Crippen LogP) is 2.28. The molecule has 1 aromatic heterocycles. The number of thiophene rings is 1. The highest BCUT2D eigenvalue weighted by molar-refractivity contribution is 7.11. The van der Waals surface area contributed by atoms with Crippen LogP contribution in [-0.2, 0) is 9.59 Å². The molecule has 0 aliphatic heterocycles. The zero-order chi connectivity index (χ0) is 15.2. The summed E-state index contributed by atoms with van der Waals surface area (Å²) in [4.78, 5) is 24.0. The lowest BCUT2D eigenvalue weighted by Crippen LogP contribution is -2.32. The van der Waals surface area contributed by atoms with Crippen molar-refractivity contribution in [2.24, 2.45) is 5.10 Å². The number of anilines is 1. The molecule has 0 saturated heterocycles. The molecule has 1 heterocycles. The Morgan fingerprint density at radius 3 is 2.67 bits per heavy atom. The number of hydrogen-bond donors (Lipinski definition) is 2. The van der Waals surface area contributed by atoms with E-state index in [9.17, 15) is 14.0 Å². The van der Waals surface area contributed by atoms with Gasteiger partial charge in [-0.2, -0.15) is 5.10 Å². The minimum absolute atomic E-state index is 0.0595. The molecule has 5 nitrogen and oxygen atoms in total. The van der Waals surface area contributed by atoms with E-state index in [1.54, 1.807) is 6.07 Å². The van der Waals surface area contributed by atoms with Crippen molar-refractivity contribution >= 4 is 35.1 Å². The van der Waals surface area contributed by atoms with Crippen molar-refractivity contribution in [2.45, 2.75) is 6.92 Å². The van der Waals surface area contributed by atoms with Gasteiger partial charge in [0.15, 0.2) is 0 Å². The van der Waals surface area contributed by atoms with E-state index >= 15 is 0 Å². The number of nitrogens with one attached hydrogen (secondary N) is 2. The molecule has 0 fully saturated rings. The average Bonchev–Trinajstić information content (AvgIpc) is 2.87. The molecule has 0 unspecified atom stereocenters. The number of hydrazone groups is 1. The molecule has 0 aliphatic rings. The number of benzene rings is 1. The molecule has 2 rings (SSSR count). The second-order valence-corrected chi connectivity index (χ2v) is 5.05. The van der Waals surface area contributed by atoms with E-state index in [1.165, 1.54) is 35.8 Å². The van der Waals surface area contributed by atoms with E-state index < -0.39 is 17.6 Å². The number of para-hydroxylation sites is 1. The number of amides is 2. The van der Waals surface area contributed by atoms with Gasteiger partial charge in [0.25, 0.3) is 0 Å². The molecular formula is C14H12FN3O2S. The number of carbonyl (C=O) groups is 2. The second-order valence-electron chi connectivity index (χ2n) is 4.10. The average molecular weight is 305 g/mol. The molecule has 2 N–H and O–H groups in total. The summed E-state index contributed by atoms with van der Waals surface area (Å²) in [6, 6.07) is 7.50. The number of carbonyl (C=O) groups excluding carboxylic acids is 2. The monoisotopic (exact) mass is 305 g/mol. The number of nitrogens with zero attached hydrogens (tertiary/aromatic N) is 1. The van der Waals surface area contributed by atoms with E-state index in [4.69, 9.17) is 0 Å². The van der Waals surface area contributed by atoms with Crippen LogP contribution in [0.4, 0.5) is 10.1 Å². The smallest absolute Gasteiger partial charge is 0.315 e. The van der Waals surface area contributed by atoms with E-state index in [1.807, 2.05) is 18.4 Å². The first-order valence-corrected chi connectivity index (χ1v) is 6.89. The van der Waals surface area contributed by atoms with Crippen molar-refractivity contribution in [3.8, 4) is 0 Å². The SMILES string of the molecule is Cc1ccsc1C=NNC(=O)C(=O)Nc1ccccc1F. The molecular weight excluding hydrogens is 293 g/mol. The molecule has 0 bridgehead atoms. The lowest BCUT2D eigenvalue weighted by Gasteiger charge is -2.04. The minimum Gasteiger partial charge on any atom is -0.315 e. The number of rotatable bonds is 3. The topological polar surface area (TPSA) is 70.6 Å². The summed E-state index contributed by atoms with van der Waals surface area (Å²) in [7, 11) is 0. The van der Waals surface area contributed by atoms with Gasteiger partial charge in [-0.15, -0.1) is 11.3 Å². The van der Waals surface area contributed by atoms with E-state index in [0.717, 1.165) is 10.4 Å². The van der Waals surface area contributed by atoms with Gasteiger partial charge in [-0.25, -0.2) is 9.82 Å². The van der Waals surface area contributed by atoms with Crippen LogP contribution < -0.4 is 10.7 Å². The van der Waals surface area contributed by atoms with Gasteiger partial charge in [0.1, 0.15) is 5.82 Å². The molecule has 7 heteroatoms. The Kier molecular flexibility index (Phi) is 4.78. The Bertz CT molecular complexity index is 697. The summed E-state index contributed by atoms with van der Waals surface area (Å²) in [6.07, 6.45) is 1.45. The third-order valence-corrected chi connectivity index (χ3v) is 3.53. The highest BCUT2D eigenvalue weighted by Gasteiger charge is 2.14. The van der Waals surface area contributed by atoms with Gasteiger partial charge in [-0.05, 0) is 36.1 Å². The molecule has 0 spiro atoms. The van der Waals surface area contributed by atoms with Crippen LogP contribution in [0.25, 0.3) is 0 Å². The lowest BCUT2D eigenvalue weighted by atomic mass is 10.3. The van der Waals surface area contributed by atoms with Gasteiger partial charge in [-0.1, -0.05) is 12.1 Å². The molecule has 1 aromatic carbocycles. The van der Waals surface area contributed by atoms with Crippen molar-refractivity contribution in [1.29, 1.82) is 0 Å². The molecule has 21 heavy (non-hydrogen) atoms. The Morgan fingerprint density at radius 2 is 2.00 bits per heavy atom. The summed E-state index contributed by atoms with van der Waals surface area (Å²) >= 11 is 1.46. The van der Waals surface area contributed by atoms with Crippen LogP contribution in [0.1, 0.15) is 10.4 Å². The fourth-order valence-electron chi connectivity index (χ4n) is 1.46. The predicted molar refractivity (Wildman–Crippen MR) is 79.8 cm³/mol. The first kappa shape index (κ1) is 14.9. The maximum absolute atomic E-state index is 13.3. The quantitative estimate of drug-likeness (QED) is 0.519. The molecule has 0 saturated carbocycles. The van der Waals surface area contributed by atoms with Crippen molar-refractivity contribution in [1.82, 2.24) is 5.43 Å². The van der Waals surface area contributed by atoms with Crippen molar-refractivity contribution < 1.29 is 14.0 Å². The van der Waals surface area contributed by atoms with Crippen LogP contribution in [0.5, 0.6) is 0 Å². The second kappa shape index (κ2) is 6.76. The third kappa shape index (κ3) is 3.96. The molecule has 0 aliphatic carbocycles. The fourth-order valence-corrected chi connectivity index (χ4v) is 2.24. The minimum atomic E-state index is -0.986. The largest absolute Gasteiger partial charge is 0.329 e. The first-order chi connectivity index (χ1) is 10.1. The van der Waals surface area contributed by atoms with Crippen LogP contribution in [0.2, 0.25) is 0 Å². The van der Waals surface area contributed by atoms with Crippen molar-refractivity contribution in [3.63, 3.8) is 0 Å². The van der Waals surface area contributed by atoms with Gasteiger partial charge in [0.05, 0.1) is 11.9 Å². The summed E-state index contributed by atoms with van der Waals surface area (Å²) in [5.74, 6) is -2.57. The van der Waals surface area contributed by atoms with Gasteiger partial charge in [0.2, 0.25) is 0 Å². The zero-order valence-corrected chi connectivity index (χ0v) is 11.9. The molecule has 2 aromatic rings. The van der Waals surface area contributed by atoms with E-state index in [2.05, 4.69) is 15.8 Å². The Morgan fingerprint density at radius 1 is 1.24 bits per heavy atom. The van der Waals surface area contributed by atoms with Crippen LogP contribution in [0.3, 0.4) is 0 Å². The van der Waals surface area contributed by atoms with Gasteiger partial charge in [0, 0.05) is 4.88 Å². The lowest BCUT2D eigenvalue weighted by molar-refractivity contribution is -0.136. The van der Waals surface area contributed by atoms with E-state index in [0.29, 0.717) is 0 Å². The fraction of sp³-hybridized carbons (Fsp3) is 0.0714. The summed E-state index contributed by atoms with van der Waals surface area (Å²) in [5.41, 5.74) is 3.05. The highest BCUT2D eigenvalue weighted by Crippen LogP contribution is 2.13. The summed E-state index contributed by atoms with van der Waals surface area (Å²) in [5, 5.41) is 7.75. The highest BCUT2D eigenvalue weighted by atomic mass is 32.1. The van der Waals surface area contributed by atoms with Crippen molar-refractivity contribution in [3.05, 3.63) is 52.0 Å². The van der Waals surface area contributed by atoms with Crippen LogP contribution >= 0.6 is 11.3 Å². The van der Waals surface area contributed by atoms with Crippen molar-refractivity contribution in [2.75, 3.05) is 5.32 Å². The normalized spacial score (nSPS) is 10.6. The van der Waals surface area contributed by atoms with Crippen LogP contribution in [0.15, 0.2) is 40.8 Å². The molecule has 0 radical (unpaired) electrons. The Labute approximate surface area is 124 Å². The van der Waals surface area contributed by atoms with Crippen LogP contribution in [0, 0.1) is 12.7 Å². The Balaban J connectivity index is 1.92. The van der Waals surface area contributed by atoms with Crippen LogP contribution in [-0.4, -0.2) is 18.0 Å². The standard InChI is InChI=1S/C14H12FN3O2S/c1-9-6-7-21-12(9)8-16-18-14(20)13(19)17-11-5-3-2-4-10(11)15/h2-8H,1H3,(H,17,19)(H,18,20). The molecule has 108 valence electrons. The van der Waals surface area contributed by atoms with Gasteiger partial charge < -0.3 is 5.32 Å². The maximum atomic E-state index is 13.3. The summed E-state index contributed by atoms with van der Waals surface area (Å²) in [6.45, 7) is 1.91.